The molecule has 1 atom stereocenters. The van der Waals surface area contributed by atoms with E-state index >= 15 is 0 Å². The first-order chi connectivity index (χ1) is 4.70. The van der Waals surface area contributed by atoms with Gasteiger partial charge in [0.2, 0.25) is 0 Å². The lowest BCUT2D eigenvalue weighted by Crippen LogP contribution is -2.18. The van der Waals surface area contributed by atoms with Gasteiger partial charge < -0.3 is 9.84 Å². The Hall–Kier alpha value is -0.540. The van der Waals surface area contributed by atoms with Crippen LogP contribution in [0.1, 0.15) is 0 Å². The first-order valence-corrected chi connectivity index (χ1v) is 3.27. The molecule has 0 bridgehead atoms. The predicted molar refractivity (Wildman–Crippen MR) is 37.9 cm³/mol. The van der Waals surface area contributed by atoms with Crippen LogP contribution < -0.4 is 0 Å². The summed E-state index contributed by atoms with van der Waals surface area (Å²) >= 11 is 5.21. The summed E-state index contributed by atoms with van der Waals surface area (Å²) in [5.41, 5.74) is 0. The minimum atomic E-state index is -0.787. The summed E-state index contributed by atoms with van der Waals surface area (Å²) in [5.74, 6) is -0.492. The zero-order valence-corrected chi connectivity index (χ0v) is 6.17. The molecule has 0 aromatic rings. The molecule has 0 saturated carbocycles. The highest BCUT2D eigenvalue weighted by molar-refractivity contribution is 6.18. The molecule has 0 aromatic heterocycles. The molecular weight excluding hydrogens is 156 g/mol. The SMILES string of the molecule is C=CC(=O)OCC(O)CCl. The van der Waals surface area contributed by atoms with E-state index in [-0.39, 0.29) is 12.5 Å². The van der Waals surface area contributed by atoms with E-state index in [2.05, 4.69) is 11.3 Å². The summed E-state index contributed by atoms with van der Waals surface area (Å²) in [6.45, 7) is 3.10. The van der Waals surface area contributed by atoms with Crippen molar-refractivity contribution in [1.82, 2.24) is 0 Å². The highest BCUT2D eigenvalue weighted by Crippen LogP contribution is 1.89. The summed E-state index contributed by atoms with van der Waals surface area (Å²) in [6.07, 6.45) is 0.242. The van der Waals surface area contributed by atoms with Crippen LogP contribution in [0.3, 0.4) is 0 Å². The largest absolute Gasteiger partial charge is 0.460 e. The summed E-state index contributed by atoms with van der Waals surface area (Å²) in [6, 6.07) is 0. The highest BCUT2D eigenvalue weighted by atomic mass is 35.5. The van der Waals surface area contributed by atoms with Crippen molar-refractivity contribution in [3.05, 3.63) is 12.7 Å². The number of aliphatic hydroxyl groups is 1. The number of carbonyl (C=O) groups excluding carboxylic acids is 1. The molecule has 0 aliphatic heterocycles. The lowest BCUT2D eigenvalue weighted by molar-refractivity contribution is -0.140. The number of alkyl halides is 1. The highest BCUT2D eigenvalue weighted by Gasteiger charge is 2.03. The molecule has 0 amide bonds. The van der Waals surface area contributed by atoms with Gasteiger partial charge in [0.15, 0.2) is 0 Å². The van der Waals surface area contributed by atoms with Gasteiger partial charge in [-0.15, -0.1) is 11.6 Å². The van der Waals surface area contributed by atoms with Crippen LogP contribution in [0.4, 0.5) is 0 Å². The number of aliphatic hydroxyl groups excluding tert-OH is 1. The molecule has 3 nitrogen and oxygen atoms in total. The van der Waals surface area contributed by atoms with E-state index in [0.717, 1.165) is 6.08 Å². The van der Waals surface area contributed by atoms with Crippen LogP contribution in [0.2, 0.25) is 0 Å². The van der Waals surface area contributed by atoms with Gasteiger partial charge in [0.25, 0.3) is 0 Å². The van der Waals surface area contributed by atoms with Gasteiger partial charge in [-0.3, -0.25) is 0 Å². The topological polar surface area (TPSA) is 46.5 Å². The number of esters is 1. The number of ether oxygens (including phenoxy) is 1. The predicted octanol–water partition coefficient (Wildman–Crippen LogP) is 0.315. The van der Waals surface area contributed by atoms with Gasteiger partial charge >= 0.3 is 5.97 Å². The molecule has 0 aromatic carbocycles. The molecule has 0 fully saturated rings. The first kappa shape index (κ1) is 9.46. The lowest BCUT2D eigenvalue weighted by atomic mass is 10.4. The smallest absolute Gasteiger partial charge is 0.330 e. The second-order valence-electron chi connectivity index (χ2n) is 1.64. The molecule has 0 rings (SSSR count). The number of halogens is 1. The van der Waals surface area contributed by atoms with Gasteiger partial charge in [-0.2, -0.15) is 0 Å². The number of rotatable bonds is 4. The number of carbonyl (C=O) groups is 1. The Morgan fingerprint density at radius 1 is 1.90 bits per heavy atom. The Balaban J connectivity index is 3.34. The van der Waals surface area contributed by atoms with E-state index < -0.39 is 12.1 Å². The van der Waals surface area contributed by atoms with E-state index in [1.54, 1.807) is 0 Å². The molecule has 0 aliphatic carbocycles. The first-order valence-electron chi connectivity index (χ1n) is 2.74. The van der Waals surface area contributed by atoms with Crippen LogP contribution in [0.25, 0.3) is 0 Å². The van der Waals surface area contributed by atoms with Gasteiger partial charge in [-0.05, 0) is 0 Å². The molecule has 0 heterocycles. The van der Waals surface area contributed by atoms with Crippen LogP contribution in [-0.2, 0) is 9.53 Å². The van der Waals surface area contributed by atoms with Crippen molar-refractivity contribution < 1.29 is 14.6 Å². The van der Waals surface area contributed by atoms with E-state index in [0.29, 0.717) is 0 Å². The third-order valence-electron chi connectivity index (χ3n) is 0.763. The summed E-state index contributed by atoms with van der Waals surface area (Å²) < 4.78 is 4.45. The van der Waals surface area contributed by atoms with E-state index in [1.807, 2.05) is 0 Å². The maximum atomic E-state index is 10.3. The van der Waals surface area contributed by atoms with Crippen LogP contribution in [-0.4, -0.2) is 29.7 Å². The standard InChI is InChI=1S/C6H9ClO3/c1-2-6(9)10-4-5(8)3-7/h2,5,8H,1,3-4H2. The van der Waals surface area contributed by atoms with Crippen LogP contribution in [0.15, 0.2) is 12.7 Å². The van der Waals surface area contributed by atoms with Gasteiger partial charge in [-0.1, -0.05) is 6.58 Å². The molecule has 0 aliphatic rings. The van der Waals surface area contributed by atoms with Crippen LogP contribution in [0, 0.1) is 0 Å². The third kappa shape index (κ3) is 4.35. The molecule has 1 unspecified atom stereocenters. The van der Waals surface area contributed by atoms with Gasteiger partial charge in [-0.25, -0.2) is 4.79 Å². The second kappa shape index (κ2) is 5.26. The van der Waals surface area contributed by atoms with Gasteiger partial charge in [0, 0.05) is 6.08 Å². The van der Waals surface area contributed by atoms with Crippen LogP contribution >= 0.6 is 11.6 Å². The maximum Gasteiger partial charge on any atom is 0.330 e. The van der Waals surface area contributed by atoms with Crippen molar-refractivity contribution in [3.63, 3.8) is 0 Å². The van der Waals surface area contributed by atoms with Crippen molar-refractivity contribution in [2.24, 2.45) is 0 Å². The maximum absolute atomic E-state index is 10.3. The van der Waals surface area contributed by atoms with Crippen molar-refractivity contribution in [2.45, 2.75) is 6.10 Å². The van der Waals surface area contributed by atoms with Crippen molar-refractivity contribution in [2.75, 3.05) is 12.5 Å². The molecule has 4 heteroatoms. The van der Waals surface area contributed by atoms with Gasteiger partial charge in [0.05, 0.1) is 5.88 Å². The Morgan fingerprint density at radius 2 is 2.50 bits per heavy atom. The molecular formula is C6H9ClO3. The molecule has 0 saturated heterocycles. The Kier molecular flexibility index (Phi) is 4.98. The Labute approximate surface area is 64.2 Å². The number of hydrogen-bond donors (Lipinski definition) is 1. The quantitative estimate of drug-likeness (QED) is 0.370. The summed E-state index contributed by atoms with van der Waals surface area (Å²) in [4.78, 5) is 10.3. The number of hydrogen-bond acceptors (Lipinski definition) is 3. The third-order valence-corrected chi connectivity index (χ3v) is 1.12. The average molecular weight is 165 g/mol. The minimum absolute atomic E-state index is 0.0599. The Bertz CT molecular complexity index is 124. The molecule has 1 N–H and O–H groups in total. The van der Waals surface area contributed by atoms with Crippen molar-refractivity contribution >= 4 is 17.6 Å². The minimum Gasteiger partial charge on any atom is -0.460 e. The normalized spacial score (nSPS) is 12.2. The Morgan fingerprint density at radius 3 is 2.90 bits per heavy atom. The van der Waals surface area contributed by atoms with Crippen molar-refractivity contribution in [1.29, 1.82) is 0 Å². The fraction of sp³-hybridized carbons (Fsp3) is 0.500. The van der Waals surface area contributed by atoms with Gasteiger partial charge in [0.1, 0.15) is 12.7 Å². The zero-order valence-electron chi connectivity index (χ0n) is 5.42. The van der Waals surface area contributed by atoms with E-state index in [9.17, 15) is 4.79 Å². The van der Waals surface area contributed by atoms with E-state index in [1.165, 1.54) is 0 Å². The summed E-state index contributed by atoms with van der Waals surface area (Å²) in [7, 11) is 0. The fourth-order valence-corrected chi connectivity index (χ4v) is 0.371. The molecule has 0 radical (unpaired) electrons. The zero-order chi connectivity index (χ0) is 7.98. The average Bonchev–Trinajstić information content (AvgIpc) is 1.99. The second-order valence-corrected chi connectivity index (χ2v) is 1.95. The monoisotopic (exact) mass is 164 g/mol. The summed E-state index contributed by atoms with van der Waals surface area (Å²) in [5, 5.41) is 8.76. The molecule has 10 heavy (non-hydrogen) atoms. The molecule has 58 valence electrons. The van der Waals surface area contributed by atoms with E-state index in [4.69, 9.17) is 16.7 Å². The fourth-order valence-electron chi connectivity index (χ4n) is 0.282. The lowest BCUT2D eigenvalue weighted by Gasteiger charge is -2.04. The molecule has 0 spiro atoms. The van der Waals surface area contributed by atoms with Crippen molar-refractivity contribution in [3.8, 4) is 0 Å². The van der Waals surface area contributed by atoms with Crippen LogP contribution in [0.5, 0.6) is 0 Å².